The van der Waals surface area contributed by atoms with Gasteiger partial charge in [0.1, 0.15) is 5.75 Å². The van der Waals surface area contributed by atoms with E-state index in [2.05, 4.69) is 35.3 Å². The van der Waals surface area contributed by atoms with Gasteiger partial charge in [0, 0.05) is 17.4 Å². The standard InChI is InChI=1S/C19H22N2O2/c1-14-7-8-15-5-3-4-6-18(15)21(14)13-19(22)20-16-9-11-17(23-2)12-10-16/h3-6,9-12,14H,7-8,13H2,1-2H3,(H,20,22)/t14-/m1/s1. The second-order valence-corrected chi connectivity index (χ2v) is 5.92. The summed E-state index contributed by atoms with van der Waals surface area (Å²) in [5, 5.41) is 2.96. The summed E-state index contributed by atoms with van der Waals surface area (Å²) in [4.78, 5) is 14.6. The topological polar surface area (TPSA) is 41.6 Å². The Labute approximate surface area is 137 Å². The molecule has 23 heavy (non-hydrogen) atoms. The van der Waals surface area contributed by atoms with E-state index in [0.29, 0.717) is 12.6 Å². The van der Waals surface area contributed by atoms with Crippen molar-refractivity contribution in [2.24, 2.45) is 0 Å². The van der Waals surface area contributed by atoms with Crippen molar-refractivity contribution in [1.82, 2.24) is 0 Å². The normalized spacial score (nSPS) is 16.6. The number of rotatable bonds is 4. The number of nitrogens with one attached hydrogen (secondary N) is 1. The molecule has 0 aromatic heterocycles. The van der Waals surface area contributed by atoms with Crippen LogP contribution in [0.5, 0.6) is 5.75 Å². The average molecular weight is 310 g/mol. The van der Waals surface area contributed by atoms with Crippen LogP contribution in [-0.4, -0.2) is 25.6 Å². The van der Waals surface area contributed by atoms with Crippen molar-refractivity contribution in [3.05, 3.63) is 54.1 Å². The number of fused-ring (bicyclic) bond motifs is 1. The number of carbonyl (C=O) groups excluding carboxylic acids is 1. The zero-order valence-electron chi connectivity index (χ0n) is 13.6. The monoisotopic (exact) mass is 310 g/mol. The molecule has 0 fully saturated rings. The van der Waals surface area contributed by atoms with E-state index < -0.39 is 0 Å². The van der Waals surface area contributed by atoms with Crippen LogP contribution in [0.15, 0.2) is 48.5 Å². The molecule has 0 unspecified atom stereocenters. The smallest absolute Gasteiger partial charge is 0.243 e. The first-order valence-electron chi connectivity index (χ1n) is 7.96. The number of carbonyl (C=O) groups is 1. The summed E-state index contributed by atoms with van der Waals surface area (Å²) >= 11 is 0. The fraction of sp³-hybridized carbons (Fsp3) is 0.316. The van der Waals surface area contributed by atoms with Crippen molar-refractivity contribution in [3.63, 3.8) is 0 Å². The highest BCUT2D eigenvalue weighted by molar-refractivity contribution is 5.94. The molecule has 1 heterocycles. The number of benzene rings is 2. The van der Waals surface area contributed by atoms with Gasteiger partial charge in [-0.25, -0.2) is 0 Å². The Kier molecular flexibility index (Phi) is 4.51. The van der Waals surface area contributed by atoms with Crippen molar-refractivity contribution >= 4 is 17.3 Å². The minimum Gasteiger partial charge on any atom is -0.497 e. The molecule has 120 valence electrons. The Morgan fingerprint density at radius 2 is 1.96 bits per heavy atom. The molecule has 1 aliphatic rings. The lowest BCUT2D eigenvalue weighted by atomic mass is 9.96. The molecular weight excluding hydrogens is 288 g/mol. The molecule has 3 rings (SSSR count). The van der Waals surface area contributed by atoms with Crippen molar-refractivity contribution in [3.8, 4) is 5.75 Å². The van der Waals surface area contributed by atoms with Crippen molar-refractivity contribution in [1.29, 1.82) is 0 Å². The summed E-state index contributed by atoms with van der Waals surface area (Å²) < 4.78 is 5.13. The third-order valence-electron chi connectivity index (χ3n) is 4.35. The summed E-state index contributed by atoms with van der Waals surface area (Å²) in [6, 6.07) is 16.1. The van der Waals surface area contributed by atoms with Crippen molar-refractivity contribution in [2.45, 2.75) is 25.8 Å². The van der Waals surface area contributed by atoms with Crippen LogP contribution in [0.1, 0.15) is 18.9 Å². The minimum atomic E-state index is -0.00119. The summed E-state index contributed by atoms with van der Waals surface area (Å²) in [6.45, 7) is 2.54. The molecule has 1 amide bonds. The fourth-order valence-electron chi connectivity index (χ4n) is 3.03. The van der Waals surface area contributed by atoms with Gasteiger partial charge in [0.2, 0.25) is 5.91 Å². The molecule has 0 saturated heterocycles. The predicted molar refractivity (Wildman–Crippen MR) is 93.2 cm³/mol. The first-order chi connectivity index (χ1) is 11.2. The van der Waals surface area contributed by atoms with Crippen LogP contribution in [0.3, 0.4) is 0 Å². The average Bonchev–Trinajstić information content (AvgIpc) is 2.58. The number of aryl methyl sites for hydroxylation is 1. The molecule has 1 aliphatic heterocycles. The number of hydrogen-bond acceptors (Lipinski definition) is 3. The summed E-state index contributed by atoms with van der Waals surface area (Å²) in [5.41, 5.74) is 3.28. The number of ether oxygens (including phenoxy) is 1. The van der Waals surface area contributed by atoms with E-state index in [0.717, 1.165) is 24.3 Å². The number of methoxy groups -OCH3 is 1. The van der Waals surface area contributed by atoms with E-state index >= 15 is 0 Å². The lowest BCUT2D eigenvalue weighted by Crippen LogP contribution is -2.42. The Morgan fingerprint density at radius 1 is 1.22 bits per heavy atom. The van der Waals surface area contributed by atoms with Crippen LogP contribution < -0.4 is 15.0 Å². The zero-order chi connectivity index (χ0) is 16.2. The molecule has 0 spiro atoms. The molecule has 2 aromatic carbocycles. The molecular formula is C19H22N2O2. The molecule has 4 heteroatoms. The van der Waals surface area contributed by atoms with E-state index in [9.17, 15) is 4.79 Å². The second-order valence-electron chi connectivity index (χ2n) is 5.92. The van der Waals surface area contributed by atoms with E-state index in [-0.39, 0.29) is 5.91 Å². The van der Waals surface area contributed by atoms with Gasteiger partial charge < -0.3 is 15.0 Å². The molecule has 1 atom stereocenters. The highest BCUT2D eigenvalue weighted by Gasteiger charge is 2.24. The van der Waals surface area contributed by atoms with Crippen LogP contribution in [0.2, 0.25) is 0 Å². The van der Waals surface area contributed by atoms with Crippen molar-refractivity contribution in [2.75, 3.05) is 23.9 Å². The number of para-hydroxylation sites is 1. The lowest BCUT2D eigenvalue weighted by molar-refractivity contribution is -0.115. The Balaban J connectivity index is 1.69. The van der Waals surface area contributed by atoms with E-state index in [4.69, 9.17) is 4.74 Å². The first kappa shape index (κ1) is 15.4. The zero-order valence-corrected chi connectivity index (χ0v) is 13.6. The summed E-state index contributed by atoms with van der Waals surface area (Å²) in [7, 11) is 1.63. The van der Waals surface area contributed by atoms with E-state index in [1.54, 1.807) is 7.11 Å². The molecule has 1 N–H and O–H groups in total. The van der Waals surface area contributed by atoms with Crippen LogP contribution in [0, 0.1) is 0 Å². The first-order valence-corrected chi connectivity index (χ1v) is 7.96. The van der Waals surface area contributed by atoms with Gasteiger partial charge in [-0.2, -0.15) is 0 Å². The Hall–Kier alpha value is -2.49. The largest absolute Gasteiger partial charge is 0.497 e. The molecule has 0 bridgehead atoms. The van der Waals surface area contributed by atoms with Crippen molar-refractivity contribution < 1.29 is 9.53 Å². The second kappa shape index (κ2) is 6.73. The third-order valence-corrected chi connectivity index (χ3v) is 4.35. The van der Waals surface area contributed by atoms with Gasteiger partial charge in [0.05, 0.1) is 13.7 Å². The van der Waals surface area contributed by atoms with Gasteiger partial charge in [-0.05, 0) is 55.7 Å². The lowest BCUT2D eigenvalue weighted by Gasteiger charge is -2.36. The summed E-state index contributed by atoms with van der Waals surface area (Å²) in [5.74, 6) is 0.778. The molecule has 4 nitrogen and oxygen atoms in total. The molecule has 0 aliphatic carbocycles. The minimum absolute atomic E-state index is 0.00119. The molecule has 0 saturated carbocycles. The molecule has 2 aromatic rings. The van der Waals surface area contributed by atoms with Gasteiger partial charge in [0.15, 0.2) is 0 Å². The van der Waals surface area contributed by atoms with Gasteiger partial charge >= 0.3 is 0 Å². The maximum atomic E-state index is 12.4. The quantitative estimate of drug-likeness (QED) is 0.940. The van der Waals surface area contributed by atoms with Crippen LogP contribution in [0.4, 0.5) is 11.4 Å². The highest BCUT2D eigenvalue weighted by Crippen LogP contribution is 2.30. The van der Waals surface area contributed by atoms with Gasteiger partial charge in [-0.15, -0.1) is 0 Å². The number of nitrogens with zero attached hydrogens (tertiary/aromatic N) is 1. The predicted octanol–water partition coefficient (Wildman–Crippen LogP) is 3.48. The van der Waals surface area contributed by atoms with Gasteiger partial charge in [-0.3, -0.25) is 4.79 Å². The maximum Gasteiger partial charge on any atom is 0.243 e. The Bertz CT molecular complexity index is 682. The molecule has 0 radical (unpaired) electrons. The van der Waals surface area contributed by atoms with Crippen LogP contribution in [-0.2, 0) is 11.2 Å². The third kappa shape index (κ3) is 3.47. The van der Waals surface area contributed by atoms with Crippen LogP contribution >= 0.6 is 0 Å². The van der Waals surface area contributed by atoms with Gasteiger partial charge in [-0.1, -0.05) is 18.2 Å². The maximum absolute atomic E-state index is 12.4. The fourth-order valence-corrected chi connectivity index (χ4v) is 3.03. The van der Waals surface area contributed by atoms with Crippen LogP contribution in [0.25, 0.3) is 0 Å². The Morgan fingerprint density at radius 3 is 2.70 bits per heavy atom. The van der Waals surface area contributed by atoms with E-state index in [1.165, 1.54) is 11.3 Å². The highest BCUT2D eigenvalue weighted by atomic mass is 16.5. The number of hydrogen-bond donors (Lipinski definition) is 1. The van der Waals surface area contributed by atoms with Gasteiger partial charge in [0.25, 0.3) is 0 Å². The number of amides is 1. The summed E-state index contributed by atoms with van der Waals surface area (Å²) in [6.07, 6.45) is 2.15. The van der Waals surface area contributed by atoms with E-state index in [1.807, 2.05) is 30.3 Å². The number of anilines is 2. The SMILES string of the molecule is COc1ccc(NC(=O)CN2c3ccccc3CC[C@H]2C)cc1.